The Kier molecular flexibility index (Phi) is 5.60. The quantitative estimate of drug-likeness (QED) is 0.668. The maximum Gasteiger partial charge on any atom is 0.335 e. The van der Waals surface area contributed by atoms with Crippen LogP contribution < -0.4 is 5.32 Å². The highest BCUT2D eigenvalue weighted by Crippen LogP contribution is 2.42. The molecule has 126 valence electrons. The minimum absolute atomic E-state index is 0.127. The molecule has 2 rings (SSSR count). The van der Waals surface area contributed by atoms with Crippen molar-refractivity contribution in [1.29, 1.82) is 0 Å². The van der Waals surface area contributed by atoms with Gasteiger partial charge in [0.05, 0.1) is 37.5 Å². The van der Waals surface area contributed by atoms with Crippen LogP contribution in [0.5, 0.6) is 0 Å². The Morgan fingerprint density at radius 3 is 2.71 bits per heavy atom. The lowest BCUT2D eigenvalue weighted by molar-refractivity contribution is -0.136. The van der Waals surface area contributed by atoms with Crippen molar-refractivity contribution >= 4 is 17.6 Å². The summed E-state index contributed by atoms with van der Waals surface area (Å²) in [5.74, 6) is -1.86. The summed E-state index contributed by atoms with van der Waals surface area (Å²) in [6.45, 7) is 9.33. The van der Waals surface area contributed by atoms with Crippen molar-refractivity contribution < 1.29 is 18.7 Å². The number of benzene rings is 1. The average Bonchev–Trinajstić information content (AvgIpc) is 2.54. The molecule has 0 spiro atoms. The van der Waals surface area contributed by atoms with Crippen molar-refractivity contribution in [3.63, 3.8) is 0 Å². The Labute approximate surface area is 144 Å². The summed E-state index contributed by atoms with van der Waals surface area (Å²) in [7, 11) is 2.75. The van der Waals surface area contributed by atoms with Gasteiger partial charge in [-0.3, -0.25) is 0 Å². The Morgan fingerprint density at radius 1 is 1.46 bits per heavy atom. The van der Waals surface area contributed by atoms with E-state index in [0.717, 1.165) is 6.07 Å². The predicted octanol–water partition coefficient (Wildman–Crippen LogP) is 3.39. The number of dihydropyridines is 1. The zero-order valence-electron chi connectivity index (χ0n) is 13.4. The van der Waals surface area contributed by atoms with Crippen LogP contribution in [0.4, 0.5) is 4.39 Å². The van der Waals surface area contributed by atoms with Crippen LogP contribution in [0.1, 0.15) is 18.4 Å². The van der Waals surface area contributed by atoms with E-state index >= 15 is 0 Å². The van der Waals surface area contributed by atoms with E-state index < -0.39 is 17.7 Å². The van der Waals surface area contributed by atoms with Crippen LogP contribution in [-0.2, 0) is 14.3 Å². The van der Waals surface area contributed by atoms with Gasteiger partial charge in [-0.05, 0) is 24.6 Å². The van der Waals surface area contributed by atoms with Gasteiger partial charge < -0.3 is 14.8 Å². The van der Waals surface area contributed by atoms with Crippen molar-refractivity contribution in [2.75, 3.05) is 20.8 Å². The highest BCUT2D eigenvalue weighted by atomic mass is 35.5. The largest absolute Gasteiger partial charge is 0.466 e. The number of hydrogen-bond acceptors (Lipinski definition) is 4. The van der Waals surface area contributed by atoms with Crippen molar-refractivity contribution in [3.05, 3.63) is 68.7 Å². The normalized spacial score (nSPS) is 17.4. The smallest absolute Gasteiger partial charge is 0.335 e. The van der Waals surface area contributed by atoms with Crippen LogP contribution >= 0.6 is 11.6 Å². The number of methoxy groups -OCH3 is 2. The molecular weight excluding hydrogens is 335 g/mol. The number of rotatable bonds is 4. The summed E-state index contributed by atoms with van der Waals surface area (Å²) in [4.78, 5) is 15.9. The molecular formula is C17H16ClFN2O3. The molecule has 0 aromatic heterocycles. The first-order chi connectivity index (χ1) is 11.4. The molecule has 1 aliphatic heterocycles. The Hall–Kier alpha value is -2.36. The van der Waals surface area contributed by atoms with E-state index in [1.54, 1.807) is 6.92 Å². The SMILES string of the molecule is [C-]#[N+]C1=C(C)NC(COC)=C(C(=O)OC)C1c1ccc(F)cc1Cl. The average molecular weight is 351 g/mol. The van der Waals surface area contributed by atoms with Gasteiger partial charge in [0.25, 0.3) is 0 Å². The van der Waals surface area contributed by atoms with E-state index in [1.807, 2.05) is 0 Å². The zero-order valence-corrected chi connectivity index (χ0v) is 14.2. The molecule has 1 aromatic rings. The molecule has 1 aromatic carbocycles. The number of esters is 1. The molecule has 1 unspecified atom stereocenters. The number of carbonyl (C=O) groups is 1. The Morgan fingerprint density at radius 2 is 2.17 bits per heavy atom. The van der Waals surface area contributed by atoms with Gasteiger partial charge in [-0.25, -0.2) is 14.0 Å². The van der Waals surface area contributed by atoms with Gasteiger partial charge >= 0.3 is 5.97 Å². The highest BCUT2D eigenvalue weighted by molar-refractivity contribution is 6.31. The first kappa shape index (κ1) is 18.0. The monoisotopic (exact) mass is 350 g/mol. The van der Waals surface area contributed by atoms with Crippen LogP contribution in [0.2, 0.25) is 5.02 Å². The molecule has 0 fully saturated rings. The first-order valence-corrected chi connectivity index (χ1v) is 7.42. The molecule has 1 atom stereocenters. The van der Waals surface area contributed by atoms with E-state index in [1.165, 1.54) is 26.4 Å². The molecule has 0 amide bonds. The van der Waals surface area contributed by atoms with Crippen LogP contribution in [0.25, 0.3) is 4.85 Å². The van der Waals surface area contributed by atoms with E-state index in [4.69, 9.17) is 27.6 Å². The van der Waals surface area contributed by atoms with Crippen molar-refractivity contribution in [2.45, 2.75) is 12.8 Å². The van der Waals surface area contributed by atoms with E-state index in [0.29, 0.717) is 22.7 Å². The number of allylic oxidation sites excluding steroid dienone is 2. The molecule has 0 radical (unpaired) electrons. The molecule has 0 saturated carbocycles. The second kappa shape index (κ2) is 7.47. The molecule has 0 saturated heterocycles. The summed E-state index contributed by atoms with van der Waals surface area (Å²) in [6, 6.07) is 3.87. The van der Waals surface area contributed by atoms with Crippen molar-refractivity contribution in [3.8, 4) is 0 Å². The van der Waals surface area contributed by atoms with E-state index in [9.17, 15) is 9.18 Å². The predicted molar refractivity (Wildman–Crippen MR) is 87.5 cm³/mol. The number of nitrogens with one attached hydrogen (secondary N) is 1. The standard InChI is InChI=1S/C17H16ClFN2O3/c1-9-16(20-2)14(11-6-5-10(19)7-12(11)18)15(17(22)24-4)13(21-9)8-23-3/h5-7,14,21H,8H2,1,3-4H3. The Balaban J connectivity index is 2.73. The molecule has 0 aliphatic carbocycles. The summed E-state index contributed by atoms with van der Waals surface area (Å²) in [5.41, 5.74) is 2.04. The third kappa shape index (κ3) is 3.28. The maximum atomic E-state index is 13.4. The first-order valence-electron chi connectivity index (χ1n) is 7.05. The molecule has 1 heterocycles. The van der Waals surface area contributed by atoms with Crippen molar-refractivity contribution in [2.24, 2.45) is 0 Å². The fraction of sp³-hybridized carbons (Fsp3) is 0.294. The van der Waals surface area contributed by atoms with E-state index in [2.05, 4.69) is 10.2 Å². The molecule has 5 nitrogen and oxygen atoms in total. The third-order valence-corrected chi connectivity index (χ3v) is 4.03. The van der Waals surface area contributed by atoms with Crippen LogP contribution in [0.3, 0.4) is 0 Å². The fourth-order valence-electron chi connectivity index (χ4n) is 2.68. The van der Waals surface area contributed by atoms with Crippen molar-refractivity contribution in [1.82, 2.24) is 5.32 Å². The number of ether oxygens (including phenoxy) is 2. The summed E-state index contributed by atoms with van der Waals surface area (Å²) in [6.07, 6.45) is 0. The lowest BCUT2D eigenvalue weighted by Gasteiger charge is -2.29. The number of halogens is 2. The van der Waals surface area contributed by atoms with Gasteiger partial charge in [0.2, 0.25) is 0 Å². The second-order valence-electron chi connectivity index (χ2n) is 5.16. The van der Waals surface area contributed by atoms with Crippen LogP contribution in [0, 0.1) is 12.4 Å². The molecule has 1 N–H and O–H groups in total. The molecule has 7 heteroatoms. The van der Waals surface area contributed by atoms with E-state index in [-0.39, 0.29) is 17.2 Å². The number of carbonyl (C=O) groups excluding carboxylic acids is 1. The van der Waals surface area contributed by atoms with Gasteiger partial charge in [-0.1, -0.05) is 17.7 Å². The van der Waals surface area contributed by atoms with Gasteiger partial charge in [-0.2, -0.15) is 0 Å². The van der Waals surface area contributed by atoms with Gasteiger partial charge in [-0.15, -0.1) is 0 Å². The van der Waals surface area contributed by atoms with Crippen LogP contribution in [0.15, 0.2) is 40.9 Å². The number of hydrogen-bond donors (Lipinski definition) is 1. The highest BCUT2D eigenvalue weighted by Gasteiger charge is 2.36. The second-order valence-corrected chi connectivity index (χ2v) is 5.57. The minimum Gasteiger partial charge on any atom is -0.466 e. The Bertz CT molecular complexity index is 781. The summed E-state index contributed by atoms with van der Waals surface area (Å²) in [5, 5.41) is 3.15. The van der Waals surface area contributed by atoms with Gasteiger partial charge in [0.15, 0.2) is 5.70 Å². The van der Waals surface area contributed by atoms with Gasteiger partial charge in [0.1, 0.15) is 5.82 Å². The lowest BCUT2D eigenvalue weighted by Crippen LogP contribution is -2.31. The third-order valence-electron chi connectivity index (χ3n) is 3.70. The molecule has 1 aliphatic rings. The zero-order chi connectivity index (χ0) is 17.9. The summed E-state index contributed by atoms with van der Waals surface area (Å²) < 4.78 is 23.4. The number of nitrogens with zero attached hydrogens (tertiary/aromatic N) is 1. The topological polar surface area (TPSA) is 51.9 Å². The van der Waals surface area contributed by atoms with Gasteiger partial charge in [0, 0.05) is 17.8 Å². The lowest BCUT2D eigenvalue weighted by atomic mass is 9.84. The fourth-order valence-corrected chi connectivity index (χ4v) is 2.96. The minimum atomic E-state index is -0.755. The molecule has 24 heavy (non-hydrogen) atoms. The summed E-state index contributed by atoms with van der Waals surface area (Å²) >= 11 is 6.18. The van der Waals surface area contributed by atoms with Crippen LogP contribution in [-0.4, -0.2) is 26.8 Å². The molecule has 0 bridgehead atoms. The maximum absolute atomic E-state index is 13.4.